The summed E-state index contributed by atoms with van der Waals surface area (Å²) in [4.78, 5) is 37.7. The van der Waals surface area contributed by atoms with Gasteiger partial charge in [0, 0.05) is 0 Å². The molecule has 13 nitrogen and oxygen atoms in total. The van der Waals surface area contributed by atoms with E-state index in [1.807, 2.05) is 11.8 Å². The van der Waals surface area contributed by atoms with Gasteiger partial charge in [-0.25, -0.2) is 18.5 Å². The van der Waals surface area contributed by atoms with Gasteiger partial charge in [0.1, 0.15) is 24.6 Å². The highest BCUT2D eigenvalue weighted by atomic mass is 31.2. The first-order valence-corrected chi connectivity index (χ1v) is 13.3. The minimum Gasteiger partial charge on any atom is -0.461 e. The Bertz CT molecular complexity index is 1420. The molecule has 3 rings (SSSR count). The van der Waals surface area contributed by atoms with Crippen molar-refractivity contribution in [2.24, 2.45) is 0 Å². The lowest BCUT2D eigenvalue weighted by Crippen LogP contribution is -2.48. The van der Waals surface area contributed by atoms with Crippen molar-refractivity contribution in [1.82, 2.24) is 9.55 Å². The van der Waals surface area contributed by atoms with Crippen LogP contribution in [0.5, 0.6) is 5.75 Å². The molecule has 1 aliphatic heterocycles. The zero-order valence-corrected chi connectivity index (χ0v) is 22.4. The number of esters is 1. The van der Waals surface area contributed by atoms with Crippen molar-refractivity contribution in [1.29, 1.82) is 0 Å². The molecule has 1 aliphatic rings. The van der Waals surface area contributed by atoms with Gasteiger partial charge in [0.25, 0.3) is 5.56 Å². The smallest absolute Gasteiger partial charge is 0.461 e. The van der Waals surface area contributed by atoms with Crippen LogP contribution in [-0.4, -0.2) is 69.0 Å². The molecule has 3 N–H and O–H groups in total. The number of nitrogens with one attached hydrogen (secondary N) is 1. The number of hydrogen-bond acceptors (Lipinski definition) is 11. The maximum atomic E-state index is 14.0. The van der Waals surface area contributed by atoms with E-state index >= 15 is 0 Å². The van der Waals surface area contributed by atoms with E-state index < -0.39 is 80.4 Å². The van der Waals surface area contributed by atoms with Crippen molar-refractivity contribution in [3.63, 3.8) is 0 Å². The fraction of sp³-hybridized carbons (Fsp3) is 0.458. The van der Waals surface area contributed by atoms with Crippen LogP contribution in [0.15, 0.2) is 46.1 Å². The van der Waals surface area contributed by atoms with Gasteiger partial charge in [-0.1, -0.05) is 30.0 Å². The molecular formula is C24H27F2N2O11P. The standard InChI is InChI=1S/C24H27F2N2O11P/c1-14(2)36-21(31)15(3)38-40(34,39-16-8-5-4-6-9-16)35-13-18-19(29)24(33,10-7-11-25)22(37-18)28-12-17(26)20(30)27-23(28)32/h4-6,8-9,12,14-15,18-19,22,29,33H,11,13H2,1-3H3,(H,27,30,32)/t15-,18+,19?,22+,24+,40?/m0/s1. The molecule has 2 heterocycles. The number of aliphatic hydroxyl groups excluding tert-OH is 1. The molecule has 1 fully saturated rings. The van der Waals surface area contributed by atoms with Crippen LogP contribution in [0.25, 0.3) is 0 Å². The van der Waals surface area contributed by atoms with E-state index in [1.54, 1.807) is 37.0 Å². The van der Waals surface area contributed by atoms with Crippen molar-refractivity contribution in [2.45, 2.75) is 57.0 Å². The molecule has 0 saturated carbocycles. The number of aromatic amines is 1. The molecule has 1 aromatic heterocycles. The lowest BCUT2D eigenvalue weighted by molar-refractivity contribution is -0.156. The number of halogens is 2. The van der Waals surface area contributed by atoms with Gasteiger partial charge in [-0.2, -0.15) is 4.39 Å². The third kappa shape index (κ3) is 7.22. The molecule has 0 amide bonds. The van der Waals surface area contributed by atoms with Crippen LogP contribution in [0.3, 0.4) is 0 Å². The van der Waals surface area contributed by atoms with E-state index in [2.05, 4.69) is 0 Å². The summed E-state index contributed by atoms with van der Waals surface area (Å²) in [7, 11) is -4.70. The van der Waals surface area contributed by atoms with Gasteiger partial charge in [0.15, 0.2) is 17.9 Å². The lowest BCUT2D eigenvalue weighted by Gasteiger charge is -2.26. The Balaban J connectivity index is 1.91. The molecular weight excluding hydrogens is 561 g/mol. The van der Waals surface area contributed by atoms with Crippen LogP contribution in [-0.2, 0) is 27.9 Å². The summed E-state index contributed by atoms with van der Waals surface area (Å²) >= 11 is 0. The minimum atomic E-state index is -4.70. The molecule has 218 valence electrons. The fourth-order valence-corrected chi connectivity index (χ4v) is 4.88. The zero-order valence-electron chi connectivity index (χ0n) is 21.5. The number of para-hydroxylation sites is 1. The minimum absolute atomic E-state index is 0.0154. The molecule has 1 aromatic carbocycles. The predicted octanol–water partition coefficient (Wildman–Crippen LogP) is 1.20. The lowest BCUT2D eigenvalue weighted by atomic mass is 9.94. The molecule has 40 heavy (non-hydrogen) atoms. The number of hydrogen-bond donors (Lipinski definition) is 3. The average Bonchev–Trinajstić information content (AvgIpc) is 3.13. The second-order valence-electron chi connectivity index (χ2n) is 8.76. The number of benzene rings is 1. The first-order valence-electron chi connectivity index (χ1n) is 11.8. The summed E-state index contributed by atoms with van der Waals surface area (Å²) in [5.41, 5.74) is -5.34. The van der Waals surface area contributed by atoms with Crippen molar-refractivity contribution >= 4 is 13.8 Å². The van der Waals surface area contributed by atoms with Crippen LogP contribution in [0, 0.1) is 17.7 Å². The first-order chi connectivity index (χ1) is 18.8. The second kappa shape index (κ2) is 12.9. The van der Waals surface area contributed by atoms with Gasteiger partial charge in [-0.15, -0.1) is 0 Å². The Kier molecular flexibility index (Phi) is 10.0. The van der Waals surface area contributed by atoms with Crippen LogP contribution in [0.4, 0.5) is 8.78 Å². The number of aliphatic hydroxyl groups is 2. The molecule has 0 bridgehead atoms. The van der Waals surface area contributed by atoms with Gasteiger partial charge in [0.05, 0.1) is 18.9 Å². The first kappa shape index (κ1) is 31.2. The van der Waals surface area contributed by atoms with E-state index in [1.165, 1.54) is 19.1 Å². The number of H-pyrrole nitrogens is 1. The molecule has 2 unspecified atom stereocenters. The number of carbonyl (C=O) groups excluding carboxylic acids is 1. The summed E-state index contributed by atoms with van der Waals surface area (Å²) in [5, 5.41) is 21.9. The highest BCUT2D eigenvalue weighted by Crippen LogP contribution is 2.51. The predicted molar refractivity (Wildman–Crippen MR) is 132 cm³/mol. The fourth-order valence-electron chi connectivity index (χ4n) is 3.55. The van der Waals surface area contributed by atoms with Gasteiger partial charge in [-0.3, -0.25) is 23.4 Å². The maximum absolute atomic E-state index is 14.0. The number of aromatic nitrogens is 2. The van der Waals surface area contributed by atoms with Crippen molar-refractivity contribution < 1.29 is 51.4 Å². The number of phosphoric ester groups is 1. The summed E-state index contributed by atoms with van der Waals surface area (Å²) in [6.07, 6.45) is -7.26. The van der Waals surface area contributed by atoms with Crippen molar-refractivity contribution in [3.8, 4) is 17.6 Å². The van der Waals surface area contributed by atoms with E-state index in [9.17, 15) is 37.9 Å². The SMILES string of the molecule is CC(C)OC(=O)[C@H](C)OP(=O)(OC[C@H]1O[C@@H](n2cc(F)c(=O)[nH]c2=O)[C@@](O)(C#CCF)C1O)Oc1ccccc1. The average molecular weight is 588 g/mol. The molecule has 0 aliphatic carbocycles. The number of nitrogens with zero attached hydrogens (tertiary/aromatic N) is 1. The van der Waals surface area contributed by atoms with E-state index in [0.717, 1.165) is 0 Å². The summed E-state index contributed by atoms with van der Waals surface area (Å²) in [5.74, 6) is 1.63. The Morgan fingerprint density at radius 1 is 1.27 bits per heavy atom. The van der Waals surface area contributed by atoms with E-state index in [0.29, 0.717) is 10.8 Å². The van der Waals surface area contributed by atoms with Gasteiger partial charge >= 0.3 is 19.5 Å². The van der Waals surface area contributed by atoms with Crippen molar-refractivity contribution in [3.05, 3.63) is 63.2 Å². The highest BCUT2D eigenvalue weighted by molar-refractivity contribution is 7.49. The number of rotatable bonds is 10. The van der Waals surface area contributed by atoms with E-state index in [-0.39, 0.29) is 5.75 Å². The molecule has 16 heteroatoms. The number of ether oxygens (including phenoxy) is 2. The molecule has 0 spiro atoms. The van der Waals surface area contributed by atoms with Gasteiger partial charge < -0.3 is 24.2 Å². The van der Waals surface area contributed by atoms with Crippen LogP contribution in [0.1, 0.15) is 27.0 Å². The molecule has 2 aromatic rings. The van der Waals surface area contributed by atoms with E-state index in [4.69, 9.17) is 23.0 Å². The number of phosphoric acid groups is 1. The second-order valence-corrected chi connectivity index (χ2v) is 10.3. The third-order valence-electron chi connectivity index (χ3n) is 5.34. The Morgan fingerprint density at radius 3 is 2.58 bits per heavy atom. The zero-order chi connectivity index (χ0) is 29.7. The molecule has 0 radical (unpaired) electrons. The van der Waals surface area contributed by atoms with Gasteiger partial charge in [-0.05, 0) is 32.9 Å². The maximum Gasteiger partial charge on any atom is 0.530 e. The third-order valence-corrected chi connectivity index (χ3v) is 6.82. The quantitative estimate of drug-likeness (QED) is 0.207. The van der Waals surface area contributed by atoms with Crippen LogP contribution >= 0.6 is 7.82 Å². The normalized spacial score (nSPS) is 24.6. The summed E-state index contributed by atoms with van der Waals surface area (Å²) < 4.78 is 67.3. The Morgan fingerprint density at radius 2 is 1.95 bits per heavy atom. The topological polar surface area (TPSA) is 176 Å². The molecule has 1 saturated heterocycles. The molecule has 6 atom stereocenters. The largest absolute Gasteiger partial charge is 0.530 e. The monoisotopic (exact) mass is 588 g/mol. The highest BCUT2D eigenvalue weighted by Gasteiger charge is 2.57. The van der Waals surface area contributed by atoms with Gasteiger partial charge in [0.2, 0.25) is 5.82 Å². The van der Waals surface area contributed by atoms with Crippen LogP contribution in [0.2, 0.25) is 0 Å². The summed E-state index contributed by atoms with van der Waals surface area (Å²) in [6, 6.07) is 7.57. The Labute approximate surface area is 226 Å². The number of carbonyl (C=O) groups is 1. The number of alkyl halides is 1. The summed E-state index contributed by atoms with van der Waals surface area (Å²) in [6.45, 7) is 2.27. The van der Waals surface area contributed by atoms with Crippen LogP contribution < -0.4 is 15.8 Å². The Hall–Kier alpha value is -3.38. The van der Waals surface area contributed by atoms with Crippen molar-refractivity contribution in [2.75, 3.05) is 13.3 Å².